The van der Waals surface area contributed by atoms with Crippen molar-refractivity contribution in [1.82, 2.24) is 30.7 Å². The molecule has 0 bridgehead atoms. The molecule has 0 atom stereocenters. The fourth-order valence-electron chi connectivity index (χ4n) is 2.35. The van der Waals surface area contributed by atoms with Crippen LogP contribution in [0.25, 0.3) is 5.82 Å². The Bertz CT molecular complexity index is 1100. The smallest absolute Gasteiger partial charge is 0.292 e. The summed E-state index contributed by atoms with van der Waals surface area (Å²) in [4.78, 5) is 23.4. The Morgan fingerprint density at radius 3 is 2.80 bits per heavy atom. The molecule has 0 unspecified atom stereocenters. The van der Waals surface area contributed by atoms with Crippen LogP contribution in [0.5, 0.6) is 11.5 Å². The first-order chi connectivity index (χ1) is 14.4. The maximum Gasteiger partial charge on any atom is 0.292 e. The lowest BCUT2D eigenvalue weighted by atomic mass is 10.2. The molecule has 1 aromatic carbocycles. The predicted octanol–water partition coefficient (Wildman–Crippen LogP) is -0.822. The van der Waals surface area contributed by atoms with Crippen LogP contribution in [0.3, 0.4) is 0 Å². The molecule has 0 aliphatic rings. The first-order valence-corrected chi connectivity index (χ1v) is 8.34. The highest BCUT2D eigenvalue weighted by Gasteiger charge is 2.22. The van der Waals surface area contributed by atoms with Gasteiger partial charge in [-0.3, -0.25) is 9.59 Å². The van der Waals surface area contributed by atoms with Crippen molar-refractivity contribution >= 4 is 23.8 Å². The van der Waals surface area contributed by atoms with Gasteiger partial charge in [-0.1, -0.05) is 5.21 Å². The van der Waals surface area contributed by atoms with Crippen LogP contribution in [0.15, 0.2) is 27.9 Å². The van der Waals surface area contributed by atoms with E-state index in [0.29, 0.717) is 22.8 Å². The van der Waals surface area contributed by atoms with Gasteiger partial charge in [0.25, 0.3) is 11.8 Å². The van der Waals surface area contributed by atoms with Crippen LogP contribution in [-0.4, -0.2) is 57.1 Å². The van der Waals surface area contributed by atoms with Gasteiger partial charge in [-0.25, -0.2) is 10.1 Å². The first-order valence-electron chi connectivity index (χ1n) is 8.34. The SMILES string of the molecule is COc1cc(C=NNC(=O)c2c(C)nnn2-c2nonc2N)ccc1OCC(N)=O. The summed E-state index contributed by atoms with van der Waals surface area (Å²) in [6.45, 7) is 1.30. The fraction of sp³-hybridized carbons (Fsp3) is 0.188. The quantitative estimate of drug-likeness (QED) is 0.308. The van der Waals surface area contributed by atoms with Crippen molar-refractivity contribution in [3.05, 3.63) is 35.2 Å². The Morgan fingerprint density at radius 2 is 2.13 bits per heavy atom. The van der Waals surface area contributed by atoms with Gasteiger partial charge in [0.1, 0.15) is 0 Å². The summed E-state index contributed by atoms with van der Waals surface area (Å²) in [6, 6.07) is 4.83. The van der Waals surface area contributed by atoms with Gasteiger partial charge in [0, 0.05) is 0 Å². The molecule has 2 amide bonds. The molecular formula is C16H17N9O5. The van der Waals surface area contributed by atoms with E-state index in [1.54, 1.807) is 25.1 Å². The van der Waals surface area contributed by atoms with Crippen LogP contribution < -0.4 is 26.4 Å². The summed E-state index contributed by atoms with van der Waals surface area (Å²) in [5.41, 5.74) is 14.0. The topological polar surface area (TPSA) is 199 Å². The number of benzene rings is 1. The number of nitrogens with two attached hydrogens (primary N) is 2. The molecule has 3 rings (SSSR count). The van der Waals surface area contributed by atoms with Crippen molar-refractivity contribution in [2.24, 2.45) is 10.8 Å². The molecule has 156 valence electrons. The molecule has 0 radical (unpaired) electrons. The van der Waals surface area contributed by atoms with Gasteiger partial charge in [-0.05, 0) is 41.0 Å². The number of ether oxygens (including phenoxy) is 2. The Balaban J connectivity index is 1.73. The molecule has 0 saturated carbocycles. The minimum absolute atomic E-state index is 0.0287. The second kappa shape index (κ2) is 8.68. The Morgan fingerprint density at radius 1 is 1.33 bits per heavy atom. The van der Waals surface area contributed by atoms with Crippen molar-refractivity contribution in [3.63, 3.8) is 0 Å². The lowest BCUT2D eigenvalue weighted by molar-refractivity contribution is -0.119. The molecule has 5 N–H and O–H groups in total. The highest BCUT2D eigenvalue weighted by atomic mass is 16.6. The number of primary amides is 1. The number of hydrazone groups is 1. The molecule has 14 heteroatoms. The number of carbonyl (C=O) groups excluding carboxylic acids is 2. The van der Waals surface area contributed by atoms with Gasteiger partial charge in [-0.15, -0.1) is 5.10 Å². The van der Waals surface area contributed by atoms with Crippen molar-refractivity contribution in [2.75, 3.05) is 19.5 Å². The van der Waals surface area contributed by atoms with E-state index in [9.17, 15) is 9.59 Å². The van der Waals surface area contributed by atoms with E-state index in [1.807, 2.05) is 0 Å². The highest BCUT2D eigenvalue weighted by Crippen LogP contribution is 2.27. The molecule has 2 aromatic heterocycles. The molecule has 0 aliphatic heterocycles. The predicted molar refractivity (Wildman–Crippen MR) is 101 cm³/mol. The van der Waals surface area contributed by atoms with Crippen LogP contribution in [0.4, 0.5) is 5.82 Å². The summed E-state index contributed by atoms with van der Waals surface area (Å²) in [5, 5.41) is 18.6. The molecule has 0 saturated heterocycles. The Kier molecular flexibility index (Phi) is 5.86. The third-order valence-electron chi connectivity index (χ3n) is 3.69. The summed E-state index contributed by atoms with van der Waals surface area (Å²) in [7, 11) is 1.44. The largest absolute Gasteiger partial charge is 0.493 e. The monoisotopic (exact) mass is 415 g/mol. The highest BCUT2D eigenvalue weighted by molar-refractivity contribution is 5.94. The lowest BCUT2D eigenvalue weighted by Crippen LogP contribution is -2.22. The van der Waals surface area contributed by atoms with Gasteiger partial charge in [-0.2, -0.15) is 9.78 Å². The van der Waals surface area contributed by atoms with Gasteiger partial charge >= 0.3 is 0 Å². The number of aromatic nitrogens is 5. The van der Waals surface area contributed by atoms with Crippen molar-refractivity contribution in [1.29, 1.82) is 0 Å². The maximum absolute atomic E-state index is 12.5. The number of hydrogen-bond acceptors (Lipinski definition) is 11. The zero-order chi connectivity index (χ0) is 21.7. The minimum Gasteiger partial charge on any atom is -0.493 e. The lowest BCUT2D eigenvalue weighted by Gasteiger charge is -2.09. The number of rotatable bonds is 8. The second-order valence-corrected chi connectivity index (χ2v) is 5.77. The summed E-state index contributed by atoms with van der Waals surface area (Å²) >= 11 is 0. The van der Waals surface area contributed by atoms with E-state index < -0.39 is 11.8 Å². The third kappa shape index (κ3) is 4.32. The number of hydrogen-bond donors (Lipinski definition) is 3. The molecule has 2 heterocycles. The number of anilines is 1. The molecular weight excluding hydrogens is 398 g/mol. The van der Waals surface area contributed by atoms with E-state index in [0.717, 1.165) is 4.68 Å². The van der Waals surface area contributed by atoms with E-state index in [4.69, 9.17) is 20.9 Å². The normalized spacial score (nSPS) is 10.9. The van der Waals surface area contributed by atoms with Crippen LogP contribution >= 0.6 is 0 Å². The summed E-state index contributed by atoms with van der Waals surface area (Å²) in [5.74, 6) is -0.549. The minimum atomic E-state index is -0.613. The average molecular weight is 415 g/mol. The van der Waals surface area contributed by atoms with Gasteiger partial charge in [0.2, 0.25) is 11.6 Å². The summed E-state index contributed by atoms with van der Waals surface area (Å²) < 4.78 is 16.1. The Labute approximate surface area is 168 Å². The van der Waals surface area contributed by atoms with E-state index >= 15 is 0 Å². The van der Waals surface area contributed by atoms with E-state index in [2.05, 4.69) is 35.8 Å². The molecule has 0 aliphatic carbocycles. The average Bonchev–Trinajstić information content (AvgIpc) is 3.31. The standard InChI is InChI=1S/C16H17N9O5/c1-8-13(25(24-20-8)15-14(18)22-30-23-15)16(27)21-19-6-9-3-4-10(11(5-9)28-2)29-7-12(17)26/h3-6H,7H2,1-2H3,(H2,17,26)(H2,18,22)(H,21,27). The van der Waals surface area contributed by atoms with E-state index in [-0.39, 0.29) is 23.9 Å². The zero-order valence-electron chi connectivity index (χ0n) is 15.9. The van der Waals surface area contributed by atoms with Crippen molar-refractivity contribution < 1.29 is 23.7 Å². The Hall–Kier alpha value is -4.49. The number of nitrogens with zero attached hydrogens (tertiary/aromatic N) is 6. The fourth-order valence-corrected chi connectivity index (χ4v) is 2.35. The number of methoxy groups -OCH3 is 1. The number of nitrogen functional groups attached to an aromatic ring is 1. The van der Waals surface area contributed by atoms with Crippen molar-refractivity contribution in [2.45, 2.75) is 6.92 Å². The van der Waals surface area contributed by atoms with Gasteiger partial charge in [0.15, 0.2) is 23.8 Å². The van der Waals surface area contributed by atoms with Crippen LogP contribution in [0.1, 0.15) is 21.7 Å². The van der Waals surface area contributed by atoms with Gasteiger partial charge < -0.3 is 20.9 Å². The van der Waals surface area contributed by atoms with Crippen LogP contribution in [0.2, 0.25) is 0 Å². The van der Waals surface area contributed by atoms with Crippen LogP contribution in [-0.2, 0) is 4.79 Å². The van der Waals surface area contributed by atoms with E-state index in [1.165, 1.54) is 13.3 Å². The number of nitrogens with one attached hydrogen (secondary N) is 1. The van der Waals surface area contributed by atoms with Crippen molar-refractivity contribution in [3.8, 4) is 17.3 Å². The molecule has 0 fully saturated rings. The first kappa shape index (κ1) is 20.2. The van der Waals surface area contributed by atoms with Crippen LogP contribution in [0, 0.1) is 6.92 Å². The molecule has 30 heavy (non-hydrogen) atoms. The maximum atomic E-state index is 12.5. The number of aryl methyl sites for hydroxylation is 1. The molecule has 14 nitrogen and oxygen atoms in total. The second-order valence-electron chi connectivity index (χ2n) is 5.77. The van der Waals surface area contributed by atoms with Gasteiger partial charge in [0.05, 0.1) is 19.0 Å². The molecule has 3 aromatic rings. The zero-order valence-corrected chi connectivity index (χ0v) is 15.9. The molecule has 0 spiro atoms. The number of carbonyl (C=O) groups is 2. The number of amides is 2. The summed E-state index contributed by atoms with van der Waals surface area (Å²) in [6.07, 6.45) is 1.38. The third-order valence-corrected chi connectivity index (χ3v) is 3.69.